The summed E-state index contributed by atoms with van der Waals surface area (Å²) in [5.74, 6) is 0.900. The predicted octanol–water partition coefficient (Wildman–Crippen LogP) is 3.34. The van der Waals surface area contributed by atoms with E-state index in [1.807, 2.05) is 48.5 Å². The Labute approximate surface area is 174 Å². The molecule has 0 unspecified atom stereocenters. The summed E-state index contributed by atoms with van der Waals surface area (Å²) in [4.78, 5) is 16.6. The van der Waals surface area contributed by atoms with Crippen LogP contribution in [-0.2, 0) is 6.54 Å². The van der Waals surface area contributed by atoms with Crippen LogP contribution in [0.1, 0.15) is 15.9 Å². The average molecular weight is 407 g/mol. The van der Waals surface area contributed by atoms with Gasteiger partial charge in [0.25, 0.3) is 5.91 Å². The maximum absolute atomic E-state index is 12.6. The zero-order valence-corrected chi connectivity index (χ0v) is 16.5. The molecule has 0 spiro atoms. The summed E-state index contributed by atoms with van der Waals surface area (Å²) in [5.41, 5.74) is 1.36. The third-order valence-corrected chi connectivity index (χ3v) is 4.13. The molecule has 0 aliphatic heterocycles. The summed E-state index contributed by atoms with van der Waals surface area (Å²) in [6, 6.07) is 20.3. The number of pyridine rings is 1. The van der Waals surface area contributed by atoms with Crippen LogP contribution in [-0.4, -0.2) is 29.2 Å². The van der Waals surface area contributed by atoms with Crippen LogP contribution in [0.15, 0.2) is 79.1 Å². The fourth-order valence-electron chi connectivity index (χ4n) is 2.51. The Morgan fingerprint density at radius 3 is 2.48 bits per heavy atom. The van der Waals surface area contributed by atoms with Gasteiger partial charge < -0.3 is 14.8 Å². The summed E-state index contributed by atoms with van der Waals surface area (Å²) in [7, 11) is 0. The number of nitrogens with zero attached hydrogens (tertiary/aromatic N) is 1. The number of nitrogens with one attached hydrogen (secondary N) is 2. The van der Waals surface area contributed by atoms with Gasteiger partial charge in [-0.2, -0.15) is 0 Å². The van der Waals surface area contributed by atoms with E-state index in [2.05, 4.69) is 15.6 Å². The fraction of sp³-hybridized carbons (Fsp3) is 0.136. The SMILES string of the molecule is O=C(NC(=S)NCc1cccnc1)c1ccccc1OCCOc1ccccc1. The van der Waals surface area contributed by atoms with Gasteiger partial charge in [0.1, 0.15) is 24.7 Å². The van der Waals surface area contributed by atoms with Gasteiger partial charge in [-0.3, -0.25) is 15.1 Å². The van der Waals surface area contributed by atoms with Crippen LogP contribution < -0.4 is 20.1 Å². The molecule has 1 amide bonds. The van der Waals surface area contributed by atoms with Crippen LogP contribution in [0.4, 0.5) is 0 Å². The van der Waals surface area contributed by atoms with Crippen molar-refractivity contribution in [2.75, 3.05) is 13.2 Å². The van der Waals surface area contributed by atoms with Crippen LogP contribution in [0.25, 0.3) is 0 Å². The van der Waals surface area contributed by atoms with Gasteiger partial charge in [-0.05, 0) is 48.1 Å². The van der Waals surface area contributed by atoms with E-state index in [0.717, 1.165) is 11.3 Å². The number of rotatable bonds is 8. The molecule has 0 radical (unpaired) electrons. The number of carbonyl (C=O) groups is 1. The molecular weight excluding hydrogens is 386 g/mol. The zero-order valence-electron chi connectivity index (χ0n) is 15.7. The molecule has 1 aromatic heterocycles. The molecule has 3 rings (SSSR count). The maximum atomic E-state index is 12.6. The van der Waals surface area contributed by atoms with Crippen molar-refractivity contribution >= 4 is 23.2 Å². The largest absolute Gasteiger partial charge is 0.490 e. The van der Waals surface area contributed by atoms with E-state index in [4.69, 9.17) is 21.7 Å². The van der Waals surface area contributed by atoms with Gasteiger partial charge in [-0.15, -0.1) is 0 Å². The Morgan fingerprint density at radius 2 is 1.69 bits per heavy atom. The van der Waals surface area contributed by atoms with Crippen molar-refractivity contribution in [3.63, 3.8) is 0 Å². The van der Waals surface area contributed by atoms with Crippen molar-refractivity contribution < 1.29 is 14.3 Å². The lowest BCUT2D eigenvalue weighted by Crippen LogP contribution is -2.39. The third-order valence-electron chi connectivity index (χ3n) is 3.89. The predicted molar refractivity (Wildman–Crippen MR) is 115 cm³/mol. The minimum atomic E-state index is -0.340. The van der Waals surface area contributed by atoms with E-state index in [1.165, 1.54) is 0 Å². The Hall–Kier alpha value is -3.45. The lowest BCUT2D eigenvalue weighted by molar-refractivity contribution is 0.0971. The first-order chi connectivity index (χ1) is 14.2. The maximum Gasteiger partial charge on any atom is 0.261 e. The van der Waals surface area contributed by atoms with Gasteiger partial charge in [0.15, 0.2) is 5.11 Å². The van der Waals surface area contributed by atoms with Crippen molar-refractivity contribution in [1.82, 2.24) is 15.6 Å². The second kappa shape index (κ2) is 10.8. The summed E-state index contributed by atoms with van der Waals surface area (Å²) in [5, 5.41) is 5.90. The molecule has 7 heteroatoms. The van der Waals surface area contributed by atoms with Crippen molar-refractivity contribution in [2.45, 2.75) is 6.54 Å². The molecule has 3 aromatic rings. The van der Waals surface area contributed by atoms with Crippen molar-refractivity contribution in [1.29, 1.82) is 0 Å². The fourth-order valence-corrected chi connectivity index (χ4v) is 2.67. The molecule has 0 bridgehead atoms. The molecule has 2 aromatic carbocycles. The first-order valence-electron chi connectivity index (χ1n) is 9.10. The highest BCUT2D eigenvalue weighted by atomic mass is 32.1. The number of para-hydroxylation sites is 2. The Bertz CT molecular complexity index is 936. The molecule has 148 valence electrons. The quantitative estimate of drug-likeness (QED) is 0.441. The van der Waals surface area contributed by atoms with Crippen molar-refractivity contribution in [3.05, 3.63) is 90.3 Å². The standard InChI is InChI=1S/C22H21N3O3S/c26-21(25-22(29)24-16-17-7-6-12-23-15-17)19-10-4-5-11-20(19)28-14-13-27-18-8-2-1-3-9-18/h1-12,15H,13-14,16H2,(H2,24,25,26,29). The Balaban J connectivity index is 1.49. The van der Waals surface area contributed by atoms with Crippen LogP contribution in [0.5, 0.6) is 11.5 Å². The highest BCUT2D eigenvalue weighted by Gasteiger charge is 2.13. The lowest BCUT2D eigenvalue weighted by atomic mass is 10.2. The monoisotopic (exact) mass is 407 g/mol. The number of ether oxygens (including phenoxy) is 2. The molecule has 0 saturated carbocycles. The van der Waals surface area contributed by atoms with Crippen LogP contribution in [0.2, 0.25) is 0 Å². The summed E-state index contributed by atoms with van der Waals surface area (Å²) < 4.78 is 11.3. The van der Waals surface area contributed by atoms with E-state index in [1.54, 1.807) is 30.6 Å². The highest BCUT2D eigenvalue weighted by Crippen LogP contribution is 2.18. The molecule has 0 aliphatic rings. The third kappa shape index (κ3) is 6.58. The number of thiocarbonyl (C=S) groups is 1. The molecule has 0 saturated heterocycles. The smallest absolute Gasteiger partial charge is 0.261 e. The van der Waals surface area contributed by atoms with Gasteiger partial charge in [0.2, 0.25) is 0 Å². The number of aromatic nitrogens is 1. The van der Waals surface area contributed by atoms with Gasteiger partial charge in [0, 0.05) is 18.9 Å². The van der Waals surface area contributed by atoms with Gasteiger partial charge in [-0.25, -0.2) is 0 Å². The first kappa shape index (κ1) is 20.3. The Morgan fingerprint density at radius 1 is 0.931 bits per heavy atom. The van der Waals surface area contributed by atoms with Gasteiger partial charge in [-0.1, -0.05) is 36.4 Å². The van der Waals surface area contributed by atoms with Crippen LogP contribution >= 0.6 is 12.2 Å². The molecule has 1 heterocycles. The normalized spacial score (nSPS) is 10.1. The average Bonchev–Trinajstić information content (AvgIpc) is 2.77. The molecule has 0 atom stereocenters. The number of benzene rings is 2. The van der Waals surface area contributed by atoms with E-state index in [9.17, 15) is 4.79 Å². The lowest BCUT2D eigenvalue weighted by Gasteiger charge is -2.13. The minimum Gasteiger partial charge on any atom is -0.490 e. The minimum absolute atomic E-state index is 0.237. The second-order valence-corrected chi connectivity index (χ2v) is 6.41. The van der Waals surface area contributed by atoms with Crippen LogP contribution in [0, 0.1) is 0 Å². The zero-order chi connectivity index (χ0) is 20.3. The molecule has 0 aliphatic carbocycles. The highest BCUT2D eigenvalue weighted by molar-refractivity contribution is 7.80. The van der Waals surface area contributed by atoms with E-state index in [-0.39, 0.29) is 11.0 Å². The number of hydrogen-bond donors (Lipinski definition) is 2. The summed E-state index contributed by atoms with van der Waals surface area (Å²) >= 11 is 5.21. The Kier molecular flexibility index (Phi) is 7.54. The molecule has 6 nitrogen and oxygen atoms in total. The van der Waals surface area contributed by atoms with E-state index in [0.29, 0.717) is 31.1 Å². The summed E-state index contributed by atoms with van der Waals surface area (Å²) in [6.45, 7) is 1.15. The second-order valence-electron chi connectivity index (χ2n) is 6.00. The van der Waals surface area contributed by atoms with Gasteiger partial charge in [0.05, 0.1) is 5.56 Å². The molecule has 29 heavy (non-hydrogen) atoms. The topological polar surface area (TPSA) is 72.5 Å². The number of carbonyl (C=O) groups excluding carboxylic acids is 1. The molecule has 2 N–H and O–H groups in total. The van der Waals surface area contributed by atoms with Crippen molar-refractivity contribution in [3.8, 4) is 11.5 Å². The van der Waals surface area contributed by atoms with E-state index >= 15 is 0 Å². The first-order valence-corrected chi connectivity index (χ1v) is 9.51. The van der Waals surface area contributed by atoms with E-state index < -0.39 is 0 Å². The van der Waals surface area contributed by atoms with Crippen molar-refractivity contribution in [2.24, 2.45) is 0 Å². The van der Waals surface area contributed by atoms with Gasteiger partial charge >= 0.3 is 0 Å². The number of amides is 1. The molecular formula is C22H21N3O3S. The molecule has 0 fully saturated rings. The summed E-state index contributed by atoms with van der Waals surface area (Å²) in [6.07, 6.45) is 3.43. The van der Waals surface area contributed by atoms with Crippen LogP contribution in [0.3, 0.4) is 0 Å². The number of hydrogen-bond acceptors (Lipinski definition) is 5.